The first-order valence-corrected chi connectivity index (χ1v) is 3.62. The van der Waals surface area contributed by atoms with E-state index < -0.39 is 9.74 Å². The van der Waals surface area contributed by atoms with Gasteiger partial charge in [-0.25, -0.2) is 8.42 Å². The van der Waals surface area contributed by atoms with Crippen LogP contribution in [0.3, 0.4) is 0 Å². The van der Waals surface area contributed by atoms with Crippen LogP contribution < -0.4 is 29.6 Å². The molecule has 0 rings (SSSR count). The number of hydrogen-bond acceptors (Lipinski definition) is 3. The number of hydrogen-bond donors (Lipinski definition) is 0. The molecular weight excluding hydrogens is 134 g/mol. The fourth-order valence-corrected chi connectivity index (χ4v) is 0. The Morgan fingerprint density at radius 3 is 1.50 bits per heavy atom. The molecule has 0 fully saturated rings. The van der Waals surface area contributed by atoms with Gasteiger partial charge in [0, 0.05) is 0 Å². The van der Waals surface area contributed by atoms with Crippen molar-refractivity contribution >= 4 is 18.2 Å². The van der Waals surface area contributed by atoms with Crippen molar-refractivity contribution in [1.82, 2.24) is 0 Å². The maximum Gasteiger partial charge on any atom is 1.00 e. The molecule has 0 aromatic carbocycles. The number of rotatable bonds is 0. The zero-order valence-electron chi connectivity index (χ0n) is 3.21. The average molecular weight is 136 g/mol. The molecule has 3 nitrogen and oxygen atoms in total. The summed E-state index contributed by atoms with van der Waals surface area (Å²) in [5, 5.41) is 0. The minimum atomic E-state index is -4.00. The van der Waals surface area contributed by atoms with E-state index in [0.717, 1.165) is 8.44 Å². The van der Waals surface area contributed by atoms with Crippen LogP contribution in [0, 0.1) is 0 Å². The third kappa shape index (κ3) is 56.0. The van der Waals surface area contributed by atoms with Crippen molar-refractivity contribution in [3.8, 4) is 0 Å². The smallest absolute Gasteiger partial charge is 0.745 e. The van der Waals surface area contributed by atoms with Crippen LogP contribution in [0.1, 0.15) is 0 Å². The monoisotopic (exact) mass is 136 g/mol. The van der Waals surface area contributed by atoms with Gasteiger partial charge in [-0.05, 0) is 8.44 Å². The van der Waals surface area contributed by atoms with Crippen LogP contribution in [0.4, 0.5) is 0 Å². The van der Waals surface area contributed by atoms with Crippen LogP contribution in [0.5, 0.6) is 0 Å². The van der Waals surface area contributed by atoms with Gasteiger partial charge in [0.15, 0.2) is 0 Å². The van der Waals surface area contributed by atoms with Crippen molar-refractivity contribution in [1.29, 1.82) is 0 Å². The van der Waals surface area contributed by atoms with Gasteiger partial charge in [-0.1, -0.05) is 0 Å². The zero-order valence-corrected chi connectivity index (χ0v) is 7.18. The van der Waals surface area contributed by atoms with E-state index in [2.05, 4.69) is 0 Å². The maximum absolute atomic E-state index is 9.04. The quantitative estimate of drug-likeness (QED) is 0.196. The summed E-state index contributed by atoms with van der Waals surface area (Å²) in [4.78, 5) is 0. The molecule has 0 aliphatic rings. The van der Waals surface area contributed by atoms with E-state index in [4.69, 9.17) is 13.0 Å². The van der Waals surface area contributed by atoms with Gasteiger partial charge >= 0.3 is 29.6 Å². The van der Waals surface area contributed by atoms with Gasteiger partial charge in [-0.3, -0.25) is 0 Å². The molecule has 0 aromatic heterocycles. The van der Waals surface area contributed by atoms with Crippen LogP contribution in [0.25, 0.3) is 0 Å². The summed E-state index contributed by atoms with van der Waals surface area (Å²) in [5.41, 5.74) is 0. The molecule has 0 radical (unpaired) electrons. The molecule has 0 aromatic rings. The van der Waals surface area contributed by atoms with E-state index in [1.807, 2.05) is 0 Å². The van der Waals surface area contributed by atoms with Gasteiger partial charge in [0.1, 0.15) is 9.74 Å². The summed E-state index contributed by atoms with van der Waals surface area (Å²) in [7, 11) is -2.87. The summed E-state index contributed by atoms with van der Waals surface area (Å²) in [6.45, 7) is 0. The minimum absolute atomic E-state index is 0. The summed E-state index contributed by atoms with van der Waals surface area (Å²) in [5.74, 6) is 0. The second-order valence-electron chi connectivity index (χ2n) is 0.493. The molecule has 1 unspecified atom stereocenters. The minimum Gasteiger partial charge on any atom is -0.745 e. The summed E-state index contributed by atoms with van der Waals surface area (Å²) < 4.78 is 27.1. The van der Waals surface area contributed by atoms with E-state index in [9.17, 15) is 0 Å². The SMILES string of the molecule is O=S(=O)([O-])P.[Na+]. The van der Waals surface area contributed by atoms with Crippen molar-refractivity contribution in [3.63, 3.8) is 0 Å². The first kappa shape index (κ1) is 10.3. The Morgan fingerprint density at radius 2 is 1.50 bits per heavy atom. The van der Waals surface area contributed by atoms with Crippen LogP contribution in [-0.2, 0) is 9.74 Å². The van der Waals surface area contributed by atoms with Crippen LogP contribution in [0.15, 0.2) is 0 Å². The first-order chi connectivity index (χ1) is 2.00. The first-order valence-electron chi connectivity index (χ1n) is 0.736. The molecule has 32 valence electrons. The third-order valence-corrected chi connectivity index (χ3v) is 0. The Kier molecular flexibility index (Phi) is 5.79. The molecule has 6 heavy (non-hydrogen) atoms. The maximum atomic E-state index is 9.04. The Morgan fingerprint density at radius 1 is 1.50 bits per heavy atom. The second-order valence-corrected chi connectivity index (χ2v) is 3.21. The standard InChI is InChI=1S/Na.H3O3PS/c;1-5(2,3)4/h;4H2,(H,1,2,3)/q+1;/p-1. The largest absolute Gasteiger partial charge is 1.00 e. The fourth-order valence-electron chi connectivity index (χ4n) is 0. The van der Waals surface area contributed by atoms with Crippen LogP contribution >= 0.6 is 8.44 Å². The predicted molar refractivity (Wildman–Crippen MR) is 19.4 cm³/mol. The fraction of sp³-hybridized carbons (Fsp3) is 0. The van der Waals surface area contributed by atoms with Gasteiger partial charge in [-0.2, -0.15) is 0 Å². The topological polar surface area (TPSA) is 57.2 Å². The van der Waals surface area contributed by atoms with Gasteiger partial charge < -0.3 is 4.55 Å². The predicted octanol–water partition coefficient (Wildman–Crippen LogP) is -3.67. The average Bonchev–Trinajstić information content (AvgIpc) is 0.722. The zero-order chi connectivity index (χ0) is 4.50. The van der Waals surface area contributed by atoms with Crippen molar-refractivity contribution in [3.05, 3.63) is 0 Å². The molecular formula is H2NaO3PS. The van der Waals surface area contributed by atoms with E-state index >= 15 is 0 Å². The molecule has 0 spiro atoms. The van der Waals surface area contributed by atoms with E-state index in [1.165, 1.54) is 0 Å². The Labute approximate surface area is 60.5 Å². The summed E-state index contributed by atoms with van der Waals surface area (Å²) >= 11 is 0. The molecule has 0 heterocycles. The molecule has 0 bridgehead atoms. The van der Waals surface area contributed by atoms with Gasteiger partial charge in [0.2, 0.25) is 0 Å². The van der Waals surface area contributed by atoms with Crippen LogP contribution in [-0.4, -0.2) is 13.0 Å². The molecule has 0 saturated heterocycles. The van der Waals surface area contributed by atoms with E-state index in [1.54, 1.807) is 0 Å². The molecule has 1 atom stereocenters. The normalized spacial score (nSPS) is 9.67. The molecule has 0 amide bonds. The Hall–Kier alpha value is 1.34. The molecule has 0 aliphatic heterocycles. The summed E-state index contributed by atoms with van der Waals surface area (Å²) in [6.07, 6.45) is 0. The third-order valence-electron chi connectivity index (χ3n) is 0. The molecule has 0 N–H and O–H groups in total. The Bertz CT molecular complexity index is 94.0. The van der Waals surface area contributed by atoms with Gasteiger partial charge in [0.05, 0.1) is 0 Å². The van der Waals surface area contributed by atoms with Crippen molar-refractivity contribution in [2.45, 2.75) is 0 Å². The van der Waals surface area contributed by atoms with Crippen molar-refractivity contribution < 1.29 is 42.5 Å². The van der Waals surface area contributed by atoms with E-state index in [0.29, 0.717) is 0 Å². The van der Waals surface area contributed by atoms with E-state index in [-0.39, 0.29) is 29.6 Å². The van der Waals surface area contributed by atoms with Gasteiger partial charge in [0.25, 0.3) is 0 Å². The molecule has 6 heteroatoms. The van der Waals surface area contributed by atoms with Crippen LogP contribution in [0.2, 0.25) is 0 Å². The molecule has 0 aliphatic carbocycles. The Balaban J connectivity index is 0. The van der Waals surface area contributed by atoms with Crippen molar-refractivity contribution in [2.75, 3.05) is 0 Å². The molecule has 0 saturated carbocycles. The summed E-state index contributed by atoms with van der Waals surface area (Å²) in [6, 6.07) is 0. The van der Waals surface area contributed by atoms with Crippen molar-refractivity contribution in [2.24, 2.45) is 0 Å². The van der Waals surface area contributed by atoms with Gasteiger partial charge in [-0.15, -0.1) is 0 Å². The second kappa shape index (κ2) is 3.36.